The third kappa shape index (κ3) is 3.84. The van der Waals surface area contributed by atoms with E-state index in [1.165, 1.54) is 6.07 Å². The summed E-state index contributed by atoms with van der Waals surface area (Å²) in [5, 5.41) is 0. The molecule has 0 N–H and O–H groups in total. The first-order valence-corrected chi connectivity index (χ1v) is 6.37. The lowest BCUT2D eigenvalue weighted by atomic mass is 10.1. The van der Waals surface area contributed by atoms with Gasteiger partial charge in [-0.25, -0.2) is 4.39 Å². The molecule has 0 saturated heterocycles. The Kier molecular flexibility index (Phi) is 5.35. The minimum absolute atomic E-state index is 0.347. The summed E-state index contributed by atoms with van der Waals surface area (Å²) in [6, 6.07) is 4.68. The summed E-state index contributed by atoms with van der Waals surface area (Å²) in [5.74, 6) is 0.788. The number of rotatable bonds is 4. The molecule has 1 aromatic rings. The maximum absolute atomic E-state index is 13.4. The first-order valence-electron chi connectivity index (χ1n) is 5.58. The molecule has 0 aliphatic heterocycles. The average molecular weight is 311 g/mol. The van der Waals surface area contributed by atoms with Crippen molar-refractivity contribution in [3.8, 4) is 5.75 Å². The van der Waals surface area contributed by atoms with Gasteiger partial charge in [-0.05, 0) is 60.5 Å². The molecule has 0 unspecified atom stereocenters. The molecule has 0 spiro atoms. The lowest BCUT2D eigenvalue weighted by Gasteiger charge is -2.11. The second-order valence-corrected chi connectivity index (χ2v) is 4.80. The van der Waals surface area contributed by atoms with Gasteiger partial charge in [-0.2, -0.15) is 0 Å². The van der Waals surface area contributed by atoms with Crippen LogP contribution in [0.4, 0.5) is 4.39 Å². The van der Waals surface area contributed by atoms with Gasteiger partial charge in [0.2, 0.25) is 0 Å². The van der Waals surface area contributed by atoms with Gasteiger partial charge in [-0.15, -0.1) is 0 Å². The van der Waals surface area contributed by atoms with Crippen LogP contribution in [0.1, 0.15) is 20.8 Å². The summed E-state index contributed by atoms with van der Waals surface area (Å²) in [6.07, 6.45) is 3.71. The van der Waals surface area contributed by atoms with Crippen molar-refractivity contribution in [3.63, 3.8) is 0 Å². The normalized spacial score (nSPS) is 12.5. The van der Waals surface area contributed by atoms with E-state index in [4.69, 9.17) is 4.74 Å². The molecule has 3 heteroatoms. The molecule has 96 valence electrons. The predicted molar refractivity (Wildman–Crippen MR) is 77.1 cm³/mol. The summed E-state index contributed by atoms with van der Waals surface area (Å²) in [7, 11) is 0. The molecule has 1 nitrogen and oxygen atoms in total. The molecule has 0 fully saturated rings. The Hall–Kier alpha value is -1.35. The number of ether oxygens (including phenoxy) is 1. The van der Waals surface area contributed by atoms with Crippen LogP contribution in [-0.2, 0) is 0 Å². The smallest absolute Gasteiger partial charge is 0.141 e. The Labute approximate surface area is 116 Å². The van der Waals surface area contributed by atoms with Gasteiger partial charge >= 0.3 is 0 Å². The second-order valence-electron chi connectivity index (χ2n) is 3.95. The van der Waals surface area contributed by atoms with E-state index in [2.05, 4.69) is 22.5 Å². The highest BCUT2D eigenvalue weighted by molar-refractivity contribution is 9.10. The van der Waals surface area contributed by atoms with Crippen molar-refractivity contribution < 1.29 is 9.13 Å². The summed E-state index contributed by atoms with van der Waals surface area (Å²) in [6.45, 7) is 9.61. The summed E-state index contributed by atoms with van der Waals surface area (Å²) < 4.78 is 19.5. The molecule has 0 saturated carbocycles. The predicted octanol–water partition coefficient (Wildman–Crippen LogP) is 5.39. The monoisotopic (exact) mass is 310 g/mol. The van der Waals surface area contributed by atoms with E-state index in [0.29, 0.717) is 16.0 Å². The van der Waals surface area contributed by atoms with Crippen LogP contribution in [0.3, 0.4) is 0 Å². The molecule has 0 atom stereocenters. The molecular weight excluding hydrogens is 295 g/mol. The molecule has 0 aliphatic carbocycles. The van der Waals surface area contributed by atoms with Crippen LogP contribution in [-0.4, -0.2) is 0 Å². The van der Waals surface area contributed by atoms with Gasteiger partial charge < -0.3 is 4.74 Å². The lowest BCUT2D eigenvalue weighted by molar-refractivity contribution is 0.434. The quantitative estimate of drug-likeness (QED) is 0.535. The van der Waals surface area contributed by atoms with Crippen molar-refractivity contribution in [2.75, 3.05) is 0 Å². The standard InChI is InChI=1S/C15H16BrFO/c1-5-6-15(11(4)10(2)3)18-12-7-8-13(16)14(17)9-12/h5-9H,2H2,1,3-4H3/b6-5-,15-11+. The van der Waals surface area contributed by atoms with Crippen LogP contribution in [0, 0.1) is 5.82 Å². The Morgan fingerprint density at radius 3 is 2.56 bits per heavy atom. The van der Waals surface area contributed by atoms with Crippen molar-refractivity contribution in [1.29, 1.82) is 0 Å². The summed E-state index contributed by atoms with van der Waals surface area (Å²) in [4.78, 5) is 0. The Balaban J connectivity index is 3.08. The minimum atomic E-state index is -0.347. The van der Waals surface area contributed by atoms with Gasteiger partial charge in [0.05, 0.1) is 4.47 Å². The summed E-state index contributed by atoms with van der Waals surface area (Å²) in [5.41, 5.74) is 1.86. The van der Waals surface area contributed by atoms with Crippen molar-refractivity contribution in [2.24, 2.45) is 0 Å². The van der Waals surface area contributed by atoms with Gasteiger partial charge in [0.1, 0.15) is 17.3 Å². The Morgan fingerprint density at radius 1 is 1.39 bits per heavy atom. The average Bonchev–Trinajstić information content (AvgIpc) is 2.32. The zero-order chi connectivity index (χ0) is 13.7. The molecule has 0 radical (unpaired) electrons. The molecule has 1 rings (SSSR count). The van der Waals surface area contributed by atoms with Crippen molar-refractivity contribution in [2.45, 2.75) is 20.8 Å². The van der Waals surface area contributed by atoms with E-state index in [0.717, 1.165) is 11.1 Å². The maximum Gasteiger partial charge on any atom is 0.141 e. The number of hydrogen-bond donors (Lipinski definition) is 0. The second kappa shape index (κ2) is 6.55. The van der Waals surface area contributed by atoms with Gasteiger partial charge in [-0.1, -0.05) is 18.2 Å². The minimum Gasteiger partial charge on any atom is -0.457 e. The zero-order valence-electron chi connectivity index (χ0n) is 10.8. The molecule has 0 heterocycles. The third-order valence-corrected chi connectivity index (χ3v) is 3.09. The molecule has 1 aromatic carbocycles. The molecule has 0 bridgehead atoms. The van der Waals surface area contributed by atoms with Crippen LogP contribution in [0.15, 0.2) is 58.3 Å². The van der Waals surface area contributed by atoms with Crippen LogP contribution in [0.25, 0.3) is 0 Å². The first kappa shape index (κ1) is 14.7. The van der Waals surface area contributed by atoms with Crippen molar-refractivity contribution in [1.82, 2.24) is 0 Å². The van der Waals surface area contributed by atoms with E-state index in [-0.39, 0.29) is 5.82 Å². The molecule has 0 aliphatic rings. The van der Waals surface area contributed by atoms with Gasteiger partial charge in [0.25, 0.3) is 0 Å². The topological polar surface area (TPSA) is 9.23 Å². The molecule has 0 aromatic heterocycles. The SMILES string of the molecule is C=C(C)/C(C)=C(\C=C/C)Oc1ccc(Br)c(F)c1. The van der Waals surface area contributed by atoms with E-state index < -0.39 is 0 Å². The number of benzene rings is 1. The van der Waals surface area contributed by atoms with Gasteiger partial charge in [0, 0.05) is 6.07 Å². The molecule has 0 amide bonds. The molecule has 18 heavy (non-hydrogen) atoms. The molecular formula is C15H16BrFO. The lowest BCUT2D eigenvalue weighted by Crippen LogP contribution is -1.97. The van der Waals surface area contributed by atoms with Gasteiger partial charge in [-0.3, -0.25) is 0 Å². The van der Waals surface area contributed by atoms with Crippen LogP contribution in [0.2, 0.25) is 0 Å². The largest absolute Gasteiger partial charge is 0.457 e. The maximum atomic E-state index is 13.4. The van der Waals surface area contributed by atoms with Crippen LogP contribution in [0.5, 0.6) is 5.75 Å². The first-order chi connectivity index (χ1) is 8.45. The van der Waals surface area contributed by atoms with Gasteiger partial charge in [0.15, 0.2) is 0 Å². The Bertz CT molecular complexity index is 515. The zero-order valence-corrected chi connectivity index (χ0v) is 12.3. The highest BCUT2D eigenvalue weighted by Crippen LogP contribution is 2.24. The highest BCUT2D eigenvalue weighted by atomic mass is 79.9. The fourth-order valence-corrected chi connectivity index (χ4v) is 1.51. The highest BCUT2D eigenvalue weighted by Gasteiger charge is 2.06. The van der Waals surface area contributed by atoms with E-state index in [1.807, 2.05) is 32.9 Å². The fourth-order valence-electron chi connectivity index (χ4n) is 1.26. The van der Waals surface area contributed by atoms with Crippen molar-refractivity contribution >= 4 is 15.9 Å². The third-order valence-electron chi connectivity index (χ3n) is 2.45. The van der Waals surface area contributed by atoms with Crippen LogP contribution >= 0.6 is 15.9 Å². The van der Waals surface area contributed by atoms with E-state index in [9.17, 15) is 4.39 Å². The summed E-state index contributed by atoms with van der Waals surface area (Å²) >= 11 is 3.11. The fraction of sp³-hybridized carbons (Fsp3) is 0.200. The van der Waals surface area contributed by atoms with E-state index >= 15 is 0 Å². The number of allylic oxidation sites excluding steroid dienone is 4. The van der Waals surface area contributed by atoms with E-state index in [1.54, 1.807) is 12.1 Å². The Morgan fingerprint density at radius 2 is 2.06 bits per heavy atom. The number of halogens is 2. The van der Waals surface area contributed by atoms with Crippen molar-refractivity contribution in [3.05, 3.63) is 64.1 Å². The van der Waals surface area contributed by atoms with Crippen LogP contribution < -0.4 is 4.74 Å². The number of hydrogen-bond acceptors (Lipinski definition) is 1.